The number of amides is 1. The largest absolute Gasteiger partial charge is 0.346 e. The van der Waals surface area contributed by atoms with Crippen LogP contribution in [0.5, 0.6) is 0 Å². The summed E-state index contributed by atoms with van der Waals surface area (Å²) in [6.45, 7) is 0.554. The van der Waals surface area contributed by atoms with Gasteiger partial charge in [-0.25, -0.2) is 4.98 Å². The molecule has 0 radical (unpaired) electrons. The van der Waals surface area contributed by atoms with E-state index >= 15 is 0 Å². The number of benzene rings is 2. The van der Waals surface area contributed by atoms with Gasteiger partial charge in [0.05, 0.1) is 0 Å². The first kappa shape index (κ1) is 14.5. The minimum atomic E-state index is -0.219. The highest BCUT2D eigenvalue weighted by molar-refractivity contribution is 5.99. The van der Waals surface area contributed by atoms with Crippen molar-refractivity contribution >= 4 is 11.7 Å². The SMILES string of the molecule is O=C1c2ccccc2[C@@H](Nc2ccccn2)N1Cc1ccccc1. The lowest BCUT2D eigenvalue weighted by Gasteiger charge is -2.26. The molecule has 118 valence electrons. The molecule has 24 heavy (non-hydrogen) atoms. The number of carbonyl (C=O) groups excluding carboxylic acids is 1. The lowest BCUT2D eigenvalue weighted by Crippen LogP contribution is -2.32. The Morgan fingerprint density at radius 1 is 0.917 bits per heavy atom. The van der Waals surface area contributed by atoms with E-state index in [1.54, 1.807) is 6.20 Å². The molecular formula is C20H17N3O. The second-order valence-electron chi connectivity index (χ2n) is 5.77. The summed E-state index contributed by atoms with van der Waals surface area (Å²) in [5.41, 5.74) is 2.84. The van der Waals surface area contributed by atoms with Gasteiger partial charge in [0, 0.05) is 23.9 Å². The average molecular weight is 315 g/mol. The number of carbonyl (C=O) groups is 1. The highest BCUT2D eigenvalue weighted by Crippen LogP contribution is 2.35. The normalized spacial score (nSPS) is 16.1. The maximum Gasteiger partial charge on any atom is 0.256 e. The van der Waals surface area contributed by atoms with E-state index in [-0.39, 0.29) is 12.1 Å². The maximum atomic E-state index is 12.9. The summed E-state index contributed by atoms with van der Waals surface area (Å²) in [4.78, 5) is 19.1. The van der Waals surface area contributed by atoms with Gasteiger partial charge >= 0.3 is 0 Å². The molecule has 1 N–H and O–H groups in total. The van der Waals surface area contributed by atoms with Crippen LogP contribution in [0.2, 0.25) is 0 Å². The molecule has 4 heteroatoms. The van der Waals surface area contributed by atoms with Gasteiger partial charge in [0.25, 0.3) is 5.91 Å². The van der Waals surface area contributed by atoms with Gasteiger partial charge in [-0.05, 0) is 23.8 Å². The van der Waals surface area contributed by atoms with Crippen molar-refractivity contribution in [1.82, 2.24) is 9.88 Å². The van der Waals surface area contributed by atoms with Crippen LogP contribution in [-0.2, 0) is 6.54 Å². The molecule has 0 saturated heterocycles. The first-order valence-electron chi connectivity index (χ1n) is 7.94. The van der Waals surface area contributed by atoms with Crippen LogP contribution >= 0.6 is 0 Å². The van der Waals surface area contributed by atoms with E-state index in [0.29, 0.717) is 6.54 Å². The van der Waals surface area contributed by atoms with Crippen molar-refractivity contribution in [3.8, 4) is 0 Å². The predicted molar refractivity (Wildman–Crippen MR) is 93.4 cm³/mol. The maximum absolute atomic E-state index is 12.9. The third-order valence-electron chi connectivity index (χ3n) is 4.20. The molecule has 1 aliphatic rings. The van der Waals surface area contributed by atoms with E-state index in [9.17, 15) is 4.79 Å². The molecule has 2 aromatic carbocycles. The monoisotopic (exact) mass is 315 g/mol. The van der Waals surface area contributed by atoms with Crippen molar-refractivity contribution in [3.63, 3.8) is 0 Å². The van der Waals surface area contributed by atoms with Crippen LogP contribution in [0, 0.1) is 0 Å². The summed E-state index contributed by atoms with van der Waals surface area (Å²) >= 11 is 0. The smallest absolute Gasteiger partial charge is 0.256 e. The zero-order chi connectivity index (χ0) is 16.4. The van der Waals surface area contributed by atoms with Crippen LogP contribution < -0.4 is 5.32 Å². The molecule has 0 spiro atoms. The second kappa shape index (κ2) is 6.16. The first-order valence-corrected chi connectivity index (χ1v) is 7.94. The molecule has 1 amide bonds. The van der Waals surface area contributed by atoms with Gasteiger partial charge < -0.3 is 10.2 Å². The van der Waals surface area contributed by atoms with E-state index in [0.717, 1.165) is 22.5 Å². The molecule has 0 fully saturated rings. The van der Waals surface area contributed by atoms with Crippen molar-refractivity contribution in [1.29, 1.82) is 0 Å². The molecule has 0 aliphatic carbocycles. The standard InChI is InChI=1S/C20H17N3O/c24-20-17-11-5-4-10-16(17)19(22-18-12-6-7-13-21-18)23(20)14-15-8-2-1-3-9-15/h1-13,19H,14H2,(H,21,22)/t19-/m0/s1. The Morgan fingerprint density at radius 3 is 2.46 bits per heavy atom. The predicted octanol–water partition coefficient (Wildman–Crippen LogP) is 3.85. The Kier molecular flexibility index (Phi) is 3.71. The number of nitrogens with one attached hydrogen (secondary N) is 1. The highest BCUT2D eigenvalue weighted by Gasteiger charge is 2.36. The summed E-state index contributed by atoms with van der Waals surface area (Å²) in [5, 5.41) is 3.39. The zero-order valence-electron chi connectivity index (χ0n) is 13.1. The fourth-order valence-corrected chi connectivity index (χ4v) is 3.06. The summed E-state index contributed by atoms with van der Waals surface area (Å²) in [5.74, 6) is 0.799. The number of hydrogen-bond donors (Lipinski definition) is 1. The number of anilines is 1. The van der Waals surface area contributed by atoms with E-state index in [1.165, 1.54) is 0 Å². The van der Waals surface area contributed by atoms with Gasteiger partial charge in [-0.3, -0.25) is 4.79 Å². The van der Waals surface area contributed by atoms with E-state index in [1.807, 2.05) is 77.7 Å². The van der Waals surface area contributed by atoms with Crippen molar-refractivity contribution in [2.24, 2.45) is 0 Å². The lowest BCUT2D eigenvalue weighted by molar-refractivity contribution is 0.0728. The van der Waals surface area contributed by atoms with Crippen molar-refractivity contribution in [2.45, 2.75) is 12.7 Å². The van der Waals surface area contributed by atoms with Crippen molar-refractivity contribution < 1.29 is 4.79 Å². The number of fused-ring (bicyclic) bond motifs is 1. The topological polar surface area (TPSA) is 45.2 Å². The molecule has 0 unspecified atom stereocenters. The fraction of sp³-hybridized carbons (Fsp3) is 0.100. The second-order valence-corrected chi connectivity index (χ2v) is 5.77. The highest BCUT2D eigenvalue weighted by atomic mass is 16.2. The van der Waals surface area contributed by atoms with E-state index in [4.69, 9.17) is 0 Å². The molecule has 2 heterocycles. The van der Waals surface area contributed by atoms with E-state index < -0.39 is 0 Å². The van der Waals surface area contributed by atoms with Gasteiger partial charge in [-0.2, -0.15) is 0 Å². The third kappa shape index (κ3) is 2.63. The number of rotatable bonds is 4. The van der Waals surface area contributed by atoms with Crippen LogP contribution in [0.1, 0.15) is 27.7 Å². The zero-order valence-corrected chi connectivity index (χ0v) is 13.1. The Balaban J connectivity index is 1.69. The Labute approximate surface area is 140 Å². The minimum absolute atomic E-state index is 0.0443. The molecule has 1 aromatic heterocycles. The van der Waals surface area contributed by atoms with Crippen LogP contribution in [0.4, 0.5) is 5.82 Å². The molecule has 1 aliphatic heterocycles. The molecular weight excluding hydrogens is 298 g/mol. The summed E-state index contributed by atoms with van der Waals surface area (Å²) in [6.07, 6.45) is 1.52. The van der Waals surface area contributed by atoms with Crippen molar-refractivity contribution in [3.05, 3.63) is 95.7 Å². The van der Waals surface area contributed by atoms with Gasteiger partial charge in [0.2, 0.25) is 0 Å². The molecule has 1 atom stereocenters. The molecule has 0 saturated carbocycles. The molecule has 4 rings (SSSR count). The fourth-order valence-electron chi connectivity index (χ4n) is 3.06. The number of pyridine rings is 1. The summed E-state index contributed by atoms with van der Waals surface area (Å²) < 4.78 is 0. The lowest BCUT2D eigenvalue weighted by atomic mass is 10.1. The molecule has 0 bridgehead atoms. The minimum Gasteiger partial charge on any atom is -0.346 e. The number of nitrogens with zero attached hydrogens (tertiary/aromatic N) is 2. The quantitative estimate of drug-likeness (QED) is 0.795. The summed E-state index contributed by atoms with van der Waals surface area (Å²) in [6, 6.07) is 23.5. The van der Waals surface area contributed by atoms with Gasteiger partial charge in [0.1, 0.15) is 12.0 Å². The van der Waals surface area contributed by atoms with Crippen LogP contribution in [-0.4, -0.2) is 15.8 Å². The van der Waals surface area contributed by atoms with Gasteiger partial charge in [-0.1, -0.05) is 54.6 Å². The third-order valence-corrected chi connectivity index (χ3v) is 4.20. The van der Waals surface area contributed by atoms with Crippen molar-refractivity contribution in [2.75, 3.05) is 5.32 Å². The summed E-state index contributed by atoms with van der Waals surface area (Å²) in [7, 11) is 0. The van der Waals surface area contributed by atoms with Gasteiger partial charge in [-0.15, -0.1) is 0 Å². The Bertz CT molecular complexity index is 849. The molecule has 4 nitrogen and oxygen atoms in total. The average Bonchev–Trinajstić information content (AvgIpc) is 2.90. The number of hydrogen-bond acceptors (Lipinski definition) is 3. The first-order chi connectivity index (χ1) is 11.8. The Hall–Kier alpha value is -3.14. The van der Waals surface area contributed by atoms with Crippen LogP contribution in [0.25, 0.3) is 0 Å². The van der Waals surface area contributed by atoms with Crippen LogP contribution in [0.3, 0.4) is 0 Å². The van der Waals surface area contributed by atoms with E-state index in [2.05, 4.69) is 10.3 Å². The van der Waals surface area contributed by atoms with Crippen LogP contribution in [0.15, 0.2) is 79.0 Å². The Morgan fingerprint density at radius 2 is 1.67 bits per heavy atom. The molecule has 3 aromatic rings. The number of aromatic nitrogens is 1. The van der Waals surface area contributed by atoms with Gasteiger partial charge in [0.15, 0.2) is 0 Å².